The van der Waals surface area contributed by atoms with Crippen molar-refractivity contribution in [3.8, 4) is 22.6 Å². The third-order valence-corrected chi connectivity index (χ3v) is 3.27. The Labute approximate surface area is 124 Å². The van der Waals surface area contributed by atoms with Gasteiger partial charge in [0.15, 0.2) is 5.78 Å². The summed E-state index contributed by atoms with van der Waals surface area (Å²) in [6, 6.07) is 10.6. The predicted octanol–water partition coefficient (Wildman–Crippen LogP) is 4.22. The van der Waals surface area contributed by atoms with Gasteiger partial charge in [-0.2, -0.15) is 0 Å². The summed E-state index contributed by atoms with van der Waals surface area (Å²) in [4.78, 5) is 11.7. The second kappa shape index (κ2) is 5.36. The van der Waals surface area contributed by atoms with Crippen LogP contribution in [-0.2, 0) is 0 Å². The molecular weight excluding hydrogens is 297 g/mol. The fourth-order valence-corrected chi connectivity index (χ4v) is 2.31. The van der Waals surface area contributed by atoms with Crippen LogP contribution in [-0.4, -0.2) is 18.8 Å². The Bertz CT molecular complexity index is 723. The summed E-state index contributed by atoms with van der Waals surface area (Å²) in [5, 5.41) is 0. The fraction of sp³-hybridized carbons (Fsp3) is 0.188. The van der Waals surface area contributed by atoms with Crippen LogP contribution in [0, 0.1) is 0 Å². The van der Waals surface area contributed by atoms with E-state index < -0.39 is 6.36 Å². The minimum Gasteiger partial charge on any atom is -0.492 e. The minimum absolute atomic E-state index is 0.00181. The molecule has 1 heterocycles. The van der Waals surface area contributed by atoms with Gasteiger partial charge in [-0.15, -0.1) is 13.2 Å². The Kier molecular flexibility index (Phi) is 3.52. The summed E-state index contributed by atoms with van der Waals surface area (Å²) in [5.41, 5.74) is 1.70. The van der Waals surface area contributed by atoms with Gasteiger partial charge in [0.05, 0.1) is 12.2 Å². The molecule has 0 N–H and O–H groups in total. The van der Waals surface area contributed by atoms with Crippen LogP contribution in [0.2, 0.25) is 0 Å². The summed E-state index contributed by atoms with van der Waals surface area (Å²) in [6.07, 6.45) is -4.40. The monoisotopic (exact) mass is 308 g/mol. The lowest BCUT2D eigenvalue weighted by Gasteiger charge is -2.17. The topological polar surface area (TPSA) is 35.5 Å². The molecule has 1 aliphatic rings. The molecule has 2 aromatic carbocycles. The molecule has 0 amide bonds. The number of ether oxygens (including phenoxy) is 2. The first-order valence-electron chi connectivity index (χ1n) is 6.59. The predicted molar refractivity (Wildman–Crippen MR) is 73.0 cm³/mol. The summed E-state index contributed by atoms with van der Waals surface area (Å²) >= 11 is 0. The van der Waals surface area contributed by atoms with E-state index in [0.717, 1.165) is 0 Å². The van der Waals surface area contributed by atoms with Gasteiger partial charge in [0, 0.05) is 6.42 Å². The van der Waals surface area contributed by atoms with E-state index in [1.54, 1.807) is 24.3 Å². The molecule has 1 aliphatic heterocycles. The summed E-state index contributed by atoms with van der Waals surface area (Å²) < 4.78 is 46.1. The van der Waals surface area contributed by atoms with Crippen LogP contribution >= 0.6 is 0 Å². The fourth-order valence-electron chi connectivity index (χ4n) is 2.31. The average Bonchev–Trinajstić information content (AvgIpc) is 2.46. The van der Waals surface area contributed by atoms with E-state index in [1.165, 1.54) is 18.2 Å². The Hall–Kier alpha value is -2.50. The highest BCUT2D eigenvalue weighted by Crippen LogP contribution is 2.33. The molecule has 0 spiro atoms. The first-order chi connectivity index (χ1) is 10.4. The molecule has 114 valence electrons. The Morgan fingerprint density at radius 1 is 1.05 bits per heavy atom. The van der Waals surface area contributed by atoms with E-state index in [9.17, 15) is 18.0 Å². The number of rotatable bonds is 2. The van der Waals surface area contributed by atoms with Gasteiger partial charge in [0.25, 0.3) is 0 Å². The highest BCUT2D eigenvalue weighted by atomic mass is 19.4. The van der Waals surface area contributed by atoms with Gasteiger partial charge < -0.3 is 9.47 Å². The number of halogens is 3. The van der Waals surface area contributed by atoms with Gasteiger partial charge in [-0.3, -0.25) is 4.79 Å². The van der Waals surface area contributed by atoms with E-state index >= 15 is 0 Å². The van der Waals surface area contributed by atoms with E-state index in [-0.39, 0.29) is 11.5 Å². The first-order valence-corrected chi connectivity index (χ1v) is 6.59. The third kappa shape index (κ3) is 3.05. The average molecular weight is 308 g/mol. The summed E-state index contributed by atoms with van der Waals surface area (Å²) in [5.74, 6) is 0.164. The van der Waals surface area contributed by atoms with Crippen molar-refractivity contribution in [2.24, 2.45) is 0 Å². The van der Waals surface area contributed by atoms with Crippen LogP contribution in [0.5, 0.6) is 11.5 Å². The molecule has 0 saturated carbocycles. The maximum absolute atomic E-state index is 12.3. The largest absolute Gasteiger partial charge is 0.573 e. The molecule has 3 rings (SSSR count). The van der Waals surface area contributed by atoms with E-state index in [4.69, 9.17) is 4.74 Å². The van der Waals surface area contributed by atoms with Crippen molar-refractivity contribution in [2.75, 3.05) is 6.61 Å². The molecule has 22 heavy (non-hydrogen) atoms. The Morgan fingerprint density at radius 3 is 2.59 bits per heavy atom. The highest BCUT2D eigenvalue weighted by Gasteiger charge is 2.31. The van der Waals surface area contributed by atoms with Crippen molar-refractivity contribution in [3.05, 3.63) is 48.0 Å². The zero-order chi connectivity index (χ0) is 15.7. The minimum atomic E-state index is -4.73. The molecular formula is C16H11F3O3. The van der Waals surface area contributed by atoms with Crippen molar-refractivity contribution < 1.29 is 27.4 Å². The van der Waals surface area contributed by atoms with Crippen LogP contribution in [0.1, 0.15) is 16.8 Å². The molecule has 0 saturated heterocycles. The van der Waals surface area contributed by atoms with Gasteiger partial charge in [-0.25, -0.2) is 0 Å². The number of hydrogen-bond donors (Lipinski definition) is 0. The van der Waals surface area contributed by atoms with Crippen LogP contribution in [0.25, 0.3) is 11.1 Å². The maximum Gasteiger partial charge on any atom is 0.573 e. The number of fused-ring (bicyclic) bond motifs is 1. The van der Waals surface area contributed by atoms with Gasteiger partial charge in [0.1, 0.15) is 11.5 Å². The van der Waals surface area contributed by atoms with Crippen LogP contribution in [0.4, 0.5) is 13.2 Å². The molecule has 3 nitrogen and oxygen atoms in total. The number of carbonyl (C=O) groups is 1. The van der Waals surface area contributed by atoms with Gasteiger partial charge in [-0.05, 0) is 35.4 Å². The normalized spacial score (nSPS) is 14.2. The van der Waals surface area contributed by atoms with Crippen LogP contribution in [0.15, 0.2) is 42.5 Å². The lowest BCUT2D eigenvalue weighted by atomic mass is 9.99. The van der Waals surface area contributed by atoms with E-state index in [0.29, 0.717) is 35.5 Å². The molecule has 0 fully saturated rings. The number of ketones is 1. The molecule has 0 bridgehead atoms. The maximum atomic E-state index is 12.3. The van der Waals surface area contributed by atoms with Crippen molar-refractivity contribution in [3.63, 3.8) is 0 Å². The quantitative estimate of drug-likeness (QED) is 0.833. The van der Waals surface area contributed by atoms with Crippen molar-refractivity contribution in [1.29, 1.82) is 0 Å². The summed E-state index contributed by atoms with van der Waals surface area (Å²) in [7, 11) is 0. The lowest BCUT2D eigenvalue weighted by molar-refractivity contribution is -0.274. The SMILES string of the molecule is O=C1CCOc2cc(-c3cccc(OC(F)(F)F)c3)ccc21. The Balaban J connectivity index is 1.94. The smallest absolute Gasteiger partial charge is 0.492 e. The lowest BCUT2D eigenvalue weighted by Crippen LogP contribution is -2.17. The third-order valence-electron chi connectivity index (χ3n) is 3.27. The molecule has 6 heteroatoms. The molecule has 0 aliphatic carbocycles. The zero-order valence-corrected chi connectivity index (χ0v) is 11.3. The van der Waals surface area contributed by atoms with Crippen LogP contribution in [0.3, 0.4) is 0 Å². The molecule has 0 unspecified atom stereocenters. The second-order valence-corrected chi connectivity index (χ2v) is 4.81. The molecule has 2 aromatic rings. The number of Topliss-reactive ketones (excluding diaryl/α,β-unsaturated/α-hetero) is 1. The van der Waals surface area contributed by atoms with Crippen LogP contribution < -0.4 is 9.47 Å². The molecule has 0 aromatic heterocycles. The Morgan fingerprint density at radius 2 is 1.82 bits per heavy atom. The number of hydrogen-bond acceptors (Lipinski definition) is 3. The van der Waals surface area contributed by atoms with Crippen molar-refractivity contribution >= 4 is 5.78 Å². The summed E-state index contributed by atoms with van der Waals surface area (Å²) in [6.45, 7) is 0.312. The number of benzene rings is 2. The highest BCUT2D eigenvalue weighted by molar-refractivity contribution is 6.00. The van der Waals surface area contributed by atoms with Gasteiger partial charge >= 0.3 is 6.36 Å². The number of carbonyl (C=O) groups excluding carboxylic acids is 1. The van der Waals surface area contributed by atoms with Crippen molar-refractivity contribution in [2.45, 2.75) is 12.8 Å². The van der Waals surface area contributed by atoms with E-state index in [1.807, 2.05) is 0 Å². The van der Waals surface area contributed by atoms with Crippen molar-refractivity contribution in [1.82, 2.24) is 0 Å². The standard InChI is InChI=1S/C16H11F3O3/c17-16(18,19)22-12-3-1-2-10(8-12)11-4-5-13-14(20)6-7-21-15(13)9-11/h1-5,8-9H,6-7H2. The van der Waals surface area contributed by atoms with E-state index in [2.05, 4.69) is 4.74 Å². The first kappa shape index (κ1) is 14.4. The second-order valence-electron chi connectivity index (χ2n) is 4.81. The molecule has 0 atom stereocenters. The van der Waals surface area contributed by atoms with Gasteiger partial charge in [0.2, 0.25) is 0 Å². The zero-order valence-electron chi connectivity index (χ0n) is 11.3. The molecule has 0 radical (unpaired) electrons. The van der Waals surface area contributed by atoms with Gasteiger partial charge in [-0.1, -0.05) is 18.2 Å². The number of alkyl halides is 3.